The average molecular weight is 441 g/mol. The Balaban J connectivity index is 2.23. The Morgan fingerprint density at radius 2 is 2.03 bits per heavy atom. The standard InChI is InChI=1S/C21H23N5O6/c1-3-4-10-24-18(22)17(19(27)23-21(24)29)25(12-14-8-6-11-32-14)20(28)15-9-5-7-13(2)16(15)26(30)31/h5-9,11H,3-4,10,12,22H2,1-2H3,(H,23,27,29). The Bertz CT molecular complexity index is 1260. The van der Waals surface area contributed by atoms with Crippen LogP contribution in [0.25, 0.3) is 0 Å². The van der Waals surface area contributed by atoms with Crippen molar-refractivity contribution in [3.05, 3.63) is 84.4 Å². The third-order valence-electron chi connectivity index (χ3n) is 5.01. The van der Waals surface area contributed by atoms with Crippen LogP contribution in [0, 0.1) is 17.0 Å². The lowest BCUT2D eigenvalue weighted by Gasteiger charge is -2.24. The minimum atomic E-state index is -0.879. The number of hydrogen-bond acceptors (Lipinski definition) is 7. The van der Waals surface area contributed by atoms with Crippen LogP contribution in [0.1, 0.15) is 41.4 Å². The van der Waals surface area contributed by atoms with E-state index in [1.807, 2.05) is 6.92 Å². The number of nitro groups is 1. The molecule has 0 saturated heterocycles. The molecule has 32 heavy (non-hydrogen) atoms. The maximum absolute atomic E-state index is 13.5. The molecular formula is C21H23N5O6. The predicted octanol–water partition coefficient (Wildman–Crippen LogP) is 2.58. The van der Waals surface area contributed by atoms with E-state index < -0.39 is 22.1 Å². The van der Waals surface area contributed by atoms with Crippen molar-refractivity contribution in [2.75, 3.05) is 10.6 Å². The fourth-order valence-corrected chi connectivity index (χ4v) is 3.41. The maximum atomic E-state index is 13.5. The summed E-state index contributed by atoms with van der Waals surface area (Å²) >= 11 is 0. The van der Waals surface area contributed by atoms with Gasteiger partial charge in [0.1, 0.15) is 17.1 Å². The lowest BCUT2D eigenvalue weighted by Crippen LogP contribution is -2.41. The van der Waals surface area contributed by atoms with Gasteiger partial charge >= 0.3 is 5.69 Å². The van der Waals surface area contributed by atoms with Gasteiger partial charge in [-0.1, -0.05) is 25.5 Å². The molecule has 11 nitrogen and oxygen atoms in total. The fourth-order valence-electron chi connectivity index (χ4n) is 3.41. The lowest BCUT2D eigenvalue weighted by molar-refractivity contribution is -0.385. The van der Waals surface area contributed by atoms with Gasteiger partial charge in [-0.15, -0.1) is 0 Å². The normalized spacial score (nSPS) is 10.8. The number of amides is 1. The highest BCUT2D eigenvalue weighted by Crippen LogP contribution is 2.28. The smallest absolute Gasteiger partial charge is 0.330 e. The number of nitrogens with two attached hydrogens (primary N) is 1. The molecule has 3 N–H and O–H groups in total. The Labute approximate surface area is 182 Å². The molecular weight excluding hydrogens is 418 g/mol. The molecule has 0 bridgehead atoms. The summed E-state index contributed by atoms with van der Waals surface area (Å²) in [6.07, 6.45) is 2.78. The minimum Gasteiger partial charge on any atom is -0.467 e. The van der Waals surface area contributed by atoms with E-state index in [4.69, 9.17) is 10.2 Å². The van der Waals surface area contributed by atoms with Gasteiger partial charge in [-0.25, -0.2) is 4.79 Å². The molecule has 0 unspecified atom stereocenters. The van der Waals surface area contributed by atoms with Crippen molar-refractivity contribution in [1.82, 2.24) is 9.55 Å². The van der Waals surface area contributed by atoms with E-state index in [9.17, 15) is 24.5 Å². The van der Waals surface area contributed by atoms with Gasteiger partial charge in [-0.3, -0.25) is 34.2 Å². The molecule has 11 heteroatoms. The van der Waals surface area contributed by atoms with Crippen molar-refractivity contribution >= 4 is 23.1 Å². The lowest BCUT2D eigenvalue weighted by atomic mass is 10.1. The monoisotopic (exact) mass is 441 g/mol. The second kappa shape index (κ2) is 9.33. The molecule has 0 fully saturated rings. The third kappa shape index (κ3) is 4.31. The third-order valence-corrected chi connectivity index (χ3v) is 5.01. The molecule has 3 rings (SSSR count). The van der Waals surface area contributed by atoms with E-state index >= 15 is 0 Å². The molecule has 0 saturated carbocycles. The van der Waals surface area contributed by atoms with Crippen LogP contribution < -0.4 is 21.9 Å². The molecule has 2 aromatic heterocycles. The number of carbonyl (C=O) groups is 1. The molecule has 2 heterocycles. The van der Waals surface area contributed by atoms with Crippen LogP contribution >= 0.6 is 0 Å². The van der Waals surface area contributed by atoms with E-state index in [0.29, 0.717) is 12.2 Å². The van der Waals surface area contributed by atoms with Gasteiger partial charge in [-0.2, -0.15) is 0 Å². The second-order valence-corrected chi connectivity index (χ2v) is 7.20. The van der Waals surface area contributed by atoms with E-state index in [1.165, 1.54) is 36.0 Å². The molecule has 0 aliphatic rings. The minimum absolute atomic E-state index is 0.206. The number of nitrogens with zero attached hydrogens (tertiary/aromatic N) is 3. The summed E-state index contributed by atoms with van der Waals surface area (Å²) in [5.74, 6) is -0.712. The molecule has 3 aromatic rings. The highest BCUT2D eigenvalue weighted by Gasteiger charge is 2.31. The topological polar surface area (TPSA) is 157 Å². The summed E-state index contributed by atoms with van der Waals surface area (Å²) in [5, 5.41) is 11.7. The summed E-state index contributed by atoms with van der Waals surface area (Å²) in [7, 11) is 0. The first kappa shape index (κ1) is 22.5. The van der Waals surface area contributed by atoms with Gasteiger partial charge in [0.15, 0.2) is 5.69 Å². The van der Waals surface area contributed by atoms with Crippen molar-refractivity contribution in [3.8, 4) is 0 Å². The highest BCUT2D eigenvalue weighted by molar-refractivity contribution is 6.09. The molecule has 168 valence electrons. The predicted molar refractivity (Wildman–Crippen MR) is 118 cm³/mol. The van der Waals surface area contributed by atoms with Crippen molar-refractivity contribution in [1.29, 1.82) is 0 Å². The number of rotatable bonds is 8. The van der Waals surface area contributed by atoms with E-state index in [0.717, 1.165) is 11.3 Å². The number of aromatic nitrogens is 2. The number of nitro benzene ring substituents is 1. The zero-order valence-corrected chi connectivity index (χ0v) is 17.7. The van der Waals surface area contributed by atoms with Gasteiger partial charge < -0.3 is 10.2 Å². The first-order valence-electron chi connectivity index (χ1n) is 9.97. The average Bonchev–Trinajstić information content (AvgIpc) is 3.25. The molecule has 0 aliphatic heterocycles. The van der Waals surface area contributed by atoms with Crippen molar-refractivity contribution in [2.24, 2.45) is 0 Å². The molecule has 1 amide bonds. The fraction of sp³-hybridized carbons (Fsp3) is 0.286. The SMILES string of the molecule is CCCCn1c(N)c(N(Cc2ccco2)C(=O)c2cccc(C)c2[N+](=O)[O-])c(=O)[nH]c1=O. The summed E-state index contributed by atoms with van der Waals surface area (Å²) in [6, 6.07) is 7.51. The number of nitrogens with one attached hydrogen (secondary N) is 1. The number of aryl methyl sites for hydroxylation is 1. The number of unbranched alkanes of at least 4 members (excludes halogenated alkanes) is 1. The van der Waals surface area contributed by atoms with Gasteiger partial charge in [0, 0.05) is 12.1 Å². The van der Waals surface area contributed by atoms with Crippen LogP contribution in [-0.2, 0) is 13.1 Å². The number of aromatic amines is 1. The van der Waals surface area contributed by atoms with Gasteiger partial charge in [0.05, 0.1) is 17.7 Å². The first-order valence-corrected chi connectivity index (χ1v) is 9.97. The van der Waals surface area contributed by atoms with Gasteiger partial charge in [-0.05, 0) is 31.5 Å². The quantitative estimate of drug-likeness (QED) is 0.401. The van der Waals surface area contributed by atoms with Crippen LogP contribution in [0.15, 0.2) is 50.6 Å². The van der Waals surface area contributed by atoms with Crippen LogP contribution in [0.4, 0.5) is 17.2 Å². The molecule has 0 aliphatic carbocycles. The Hall–Kier alpha value is -4.15. The van der Waals surface area contributed by atoms with E-state index in [-0.39, 0.29) is 41.4 Å². The zero-order valence-electron chi connectivity index (χ0n) is 17.7. The Kier molecular flexibility index (Phi) is 6.57. The number of furan rings is 1. The second-order valence-electron chi connectivity index (χ2n) is 7.20. The number of para-hydroxylation sites is 1. The van der Waals surface area contributed by atoms with Crippen LogP contribution in [0.3, 0.4) is 0 Å². The van der Waals surface area contributed by atoms with Crippen LogP contribution in [-0.4, -0.2) is 20.4 Å². The first-order chi connectivity index (χ1) is 15.3. The molecule has 0 atom stereocenters. The summed E-state index contributed by atoms with van der Waals surface area (Å²) in [6.45, 7) is 3.45. The van der Waals surface area contributed by atoms with Crippen LogP contribution in [0.2, 0.25) is 0 Å². The maximum Gasteiger partial charge on any atom is 0.330 e. The summed E-state index contributed by atoms with van der Waals surface area (Å²) in [5.41, 5.74) is 4.02. The van der Waals surface area contributed by atoms with Crippen LogP contribution in [0.5, 0.6) is 0 Å². The van der Waals surface area contributed by atoms with E-state index in [2.05, 4.69) is 4.98 Å². The Morgan fingerprint density at radius 1 is 1.28 bits per heavy atom. The highest BCUT2D eigenvalue weighted by atomic mass is 16.6. The number of nitrogen functional groups attached to an aromatic ring is 1. The summed E-state index contributed by atoms with van der Waals surface area (Å²) < 4.78 is 6.50. The van der Waals surface area contributed by atoms with Crippen molar-refractivity contribution in [3.63, 3.8) is 0 Å². The Morgan fingerprint density at radius 3 is 2.66 bits per heavy atom. The largest absolute Gasteiger partial charge is 0.467 e. The number of hydrogen-bond donors (Lipinski definition) is 2. The number of anilines is 2. The number of H-pyrrole nitrogens is 1. The van der Waals surface area contributed by atoms with E-state index in [1.54, 1.807) is 12.1 Å². The van der Waals surface area contributed by atoms with Gasteiger partial charge in [0.2, 0.25) is 0 Å². The zero-order chi connectivity index (χ0) is 23.4. The molecule has 0 spiro atoms. The summed E-state index contributed by atoms with van der Waals surface area (Å²) in [4.78, 5) is 52.8. The van der Waals surface area contributed by atoms with Crippen molar-refractivity contribution < 1.29 is 14.1 Å². The van der Waals surface area contributed by atoms with Gasteiger partial charge in [0.25, 0.3) is 17.2 Å². The van der Waals surface area contributed by atoms with Crippen molar-refractivity contribution in [2.45, 2.75) is 39.8 Å². The molecule has 0 radical (unpaired) electrons. The number of benzene rings is 1. The molecule has 1 aromatic carbocycles. The number of carbonyl (C=O) groups excluding carboxylic acids is 1.